The lowest BCUT2D eigenvalue weighted by atomic mass is 10.1. The molecule has 0 amide bonds. The van der Waals surface area contributed by atoms with Crippen LogP contribution >= 0.6 is 15.9 Å². The average molecular weight is 248 g/mol. The summed E-state index contributed by atoms with van der Waals surface area (Å²) in [6.45, 7) is 1.54. The van der Waals surface area contributed by atoms with E-state index in [1.165, 1.54) is 13.0 Å². The smallest absolute Gasteiger partial charge is 0.258 e. The number of nitrogens with zero attached hydrogens (tertiary/aromatic N) is 1. The topological polar surface area (TPSA) is 43.1 Å². The second kappa shape index (κ2) is 3.83. The lowest BCUT2D eigenvalue weighted by Gasteiger charge is -2.02. The standard InChI is InChI=1S/C8H7BrFNO2/c1-5-6(4-9)2-3-7(10)8(5)11(12)13/h2-3H,4H2,1H3. The Kier molecular flexibility index (Phi) is 2.98. The summed E-state index contributed by atoms with van der Waals surface area (Å²) in [7, 11) is 0. The van der Waals surface area contributed by atoms with Gasteiger partial charge in [-0.15, -0.1) is 0 Å². The highest BCUT2D eigenvalue weighted by atomic mass is 79.9. The number of nitro groups is 1. The van der Waals surface area contributed by atoms with Gasteiger partial charge in [0.25, 0.3) is 0 Å². The van der Waals surface area contributed by atoms with Crippen LogP contribution in [0.4, 0.5) is 10.1 Å². The molecule has 70 valence electrons. The van der Waals surface area contributed by atoms with Crippen LogP contribution in [-0.4, -0.2) is 4.92 Å². The highest BCUT2D eigenvalue weighted by molar-refractivity contribution is 9.08. The zero-order valence-corrected chi connectivity index (χ0v) is 8.47. The number of hydrogen-bond donors (Lipinski definition) is 0. The number of hydrogen-bond acceptors (Lipinski definition) is 2. The van der Waals surface area contributed by atoms with Crippen LogP contribution in [-0.2, 0) is 5.33 Å². The fourth-order valence-electron chi connectivity index (χ4n) is 1.08. The largest absolute Gasteiger partial charge is 0.307 e. The lowest BCUT2D eigenvalue weighted by molar-refractivity contribution is -0.388. The second-order valence-electron chi connectivity index (χ2n) is 2.57. The predicted octanol–water partition coefficient (Wildman–Crippen LogP) is 2.94. The van der Waals surface area contributed by atoms with Crippen LogP contribution in [0.3, 0.4) is 0 Å². The first-order valence-corrected chi connectivity index (χ1v) is 4.68. The SMILES string of the molecule is Cc1c(CBr)ccc(F)c1[N+](=O)[O-]. The first-order chi connectivity index (χ1) is 6.07. The normalized spacial score (nSPS) is 10.1. The summed E-state index contributed by atoms with van der Waals surface area (Å²) in [6, 6.07) is 2.65. The van der Waals surface area contributed by atoms with Crippen molar-refractivity contribution in [3.05, 3.63) is 39.2 Å². The third-order valence-electron chi connectivity index (χ3n) is 1.82. The molecule has 13 heavy (non-hydrogen) atoms. The molecule has 0 saturated carbocycles. The molecule has 0 radical (unpaired) electrons. The first-order valence-electron chi connectivity index (χ1n) is 3.56. The molecule has 1 aromatic carbocycles. The minimum Gasteiger partial charge on any atom is -0.258 e. The van der Waals surface area contributed by atoms with Gasteiger partial charge in [0, 0.05) is 10.9 Å². The van der Waals surface area contributed by atoms with Crippen LogP contribution < -0.4 is 0 Å². The Morgan fingerprint density at radius 1 is 1.62 bits per heavy atom. The van der Waals surface area contributed by atoms with Gasteiger partial charge >= 0.3 is 5.69 Å². The van der Waals surface area contributed by atoms with E-state index in [2.05, 4.69) is 15.9 Å². The Hall–Kier alpha value is -0.970. The van der Waals surface area contributed by atoms with Crippen molar-refractivity contribution >= 4 is 21.6 Å². The van der Waals surface area contributed by atoms with E-state index in [0.29, 0.717) is 10.9 Å². The van der Waals surface area contributed by atoms with Crippen molar-refractivity contribution in [2.24, 2.45) is 0 Å². The van der Waals surface area contributed by atoms with E-state index in [9.17, 15) is 14.5 Å². The third-order valence-corrected chi connectivity index (χ3v) is 2.42. The molecule has 0 aliphatic rings. The monoisotopic (exact) mass is 247 g/mol. The molecule has 0 atom stereocenters. The van der Waals surface area contributed by atoms with Crippen molar-refractivity contribution < 1.29 is 9.31 Å². The quantitative estimate of drug-likeness (QED) is 0.458. The van der Waals surface area contributed by atoms with Gasteiger partial charge in [0.05, 0.1) is 4.92 Å². The molecule has 0 spiro atoms. The van der Waals surface area contributed by atoms with Crippen molar-refractivity contribution in [1.29, 1.82) is 0 Å². The van der Waals surface area contributed by atoms with Gasteiger partial charge < -0.3 is 0 Å². The van der Waals surface area contributed by atoms with E-state index in [1.807, 2.05) is 0 Å². The van der Waals surface area contributed by atoms with Gasteiger partial charge in [-0.25, -0.2) is 0 Å². The molecule has 1 aromatic rings. The summed E-state index contributed by atoms with van der Waals surface area (Å²) < 4.78 is 13.0. The minimum atomic E-state index is -0.785. The van der Waals surface area contributed by atoms with Gasteiger partial charge in [0.15, 0.2) is 0 Å². The molecule has 0 fully saturated rings. The predicted molar refractivity (Wildman–Crippen MR) is 50.4 cm³/mol. The van der Waals surface area contributed by atoms with E-state index in [0.717, 1.165) is 11.6 Å². The average Bonchev–Trinajstić information content (AvgIpc) is 2.04. The highest BCUT2D eigenvalue weighted by Gasteiger charge is 2.19. The minimum absolute atomic E-state index is 0.377. The molecule has 0 unspecified atom stereocenters. The third kappa shape index (κ3) is 1.85. The molecular weight excluding hydrogens is 241 g/mol. The van der Waals surface area contributed by atoms with Crippen molar-refractivity contribution in [3.8, 4) is 0 Å². The van der Waals surface area contributed by atoms with Gasteiger partial charge in [-0.05, 0) is 18.6 Å². The van der Waals surface area contributed by atoms with E-state index in [1.54, 1.807) is 0 Å². The zero-order chi connectivity index (χ0) is 10.0. The van der Waals surface area contributed by atoms with E-state index >= 15 is 0 Å². The molecular formula is C8H7BrFNO2. The van der Waals surface area contributed by atoms with Crippen molar-refractivity contribution in [2.75, 3.05) is 0 Å². The molecule has 3 nitrogen and oxygen atoms in total. The lowest BCUT2D eigenvalue weighted by Crippen LogP contribution is -1.98. The Morgan fingerprint density at radius 3 is 2.69 bits per heavy atom. The molecule has 0 aliphatic carbocycles. The molecule has 1 rings (SSSR count). The van der Waals surface area contributed by atoms with Crippen LogP contribution in [0.5, 0.6) is 0 Å². The summed E-state index contributed by atoms with van der Waals surface area (Å²) in [4.78, 5) is 9.76. The van der Waals surface area contributed by atoms with E-state index < -0.39 is 16.4 Å². The number of nitro benzene ring substituents is 1. The van der Waals surface area contributed by atoms with Gasteiger partial charge in [-0.3, -0.25) is 10.1 Å². The Bertz CT molecular complexity index is 354. The fourth-order valence-corrected chi connectivity index (χ4v) is 1.69. The second-order valence-corrected chi connectivity index (χ2v) is 3.13. The van der Waals surface area contributed by atoms with E-state index in [-0.39, 0.29) is 0 Å². The maximum Gasteiger partial charge on any atom is 0.307 e. The van der Waals surface area contributed by atoms with Crippen molar-refractivity contribution in [2.45, 2.75) is 12.3 Å². The van der Waals surface area contributed by atoms with Crippen LogP contribution in [0, 0.1) is 22.9 Å². The summed E-state index contributed by atoms with van der Waals surface area (Å²) in [5.41, 5.74) is 0.673. The molecule has 0 heterocycles. The van der Waals surface area contributed by atoms with Crippen molar-refractivity contribution in [1.82, 2.24) is 0 Å². The van der Waals surface area contributed by atoms with Gasteiger partial charge in [-0.2, -0.15) is 4.39 Å². The van der Waals surface area contributed by atoms with Crippen LogP contribution in [0.2, 0.25) is 0 Å². The Labute approximate surface area is 82.8 Å². The van der Waals surface area contributed by atoms with E-state index in [4.69, 9.17) is 0 Å². The highest BCUT2D eigenvalue weighted by Crippen LogP contribution is 2.26. The van der Waals surface area contributed by atoms with Crippen LogP contribution in [0.15, 0.2) is 12.1 Å². The van der Waals surface area contributed by atoms with Gasteiger partial charge in [0.2, 0.25) is 5.82 Å². The van der Waals surface area contributed by atoms with Gasteiger partial charge in [0.1, 0.15) is 0 Å². The number of alkyl halides is 1. The number of rotatable bonds is 2. The molecule has 0 N–H and O–H groups in total. The molecule has 0 aromatic heterocycles. The fraction of sp³-hybridized carbons (Fsp3) is 0.250. The Balaban J connectivity index is 3.38. The molecule has 0 bridgehead atoms. The molecule has 0 saturated heterocycles. The van der Waals surface area contributed by atoms with Crippen LogP contribution in [0.1, 0.15) is 11.1 Å². The summed E-state index contributed by atoms with van der Waals surface area (Å²) >= 11 is 3.17. The number of halogens is 2. The van der Waals surface area contributed by atoms with Crippen molar-refractivity contribution in [3.63, 3.8) is 0 Å². The summed E-state index contributed by atoms with van der Waals surface area (Å²) in [6.07, 6.45) is 0. The van der Waals surface area contributed by atoms with Crippen LogP contribution in [0.25, 0.3) is 0 Å². The zero-order valence-electron chi connectivity index (χ0n) is 6.88. The first kappa shape index (κ1) is 10.1. The summed E-state index contributed by atoms with van der Waals surface area (Å²) in [5, 5.41) is 10.9. The molecule has 0 aliphatic heterocycles. The maximum atomic E-state index is 13.0. The van der Waals surface area contributed by atoms with Gasteiger partial charge in [-0.1, -0.05) is 22.0 Å². The number of benzene rings is 1. The Morgan fingerprint density at radius 2 is 2.23 bits per heavy atom. The molecule has 5 heteroatoms. The maximum absolute atomic E-state index is 13.0. The summed E-state index contributed by atoms with van der Waals surface area (Å²) in [5.74, 6) is -0.785.